The fourth-order valence-electron chi connectivity index (χ4n) is 2.97. The molecule has 1 aliphatic rings. The van der Waals surface area contributed by atoms with Crippen LogP contribution >= 0.6 is 11.3 Å². The van der Waals surface area contributed by atoms with E-state index in [4.69, 9.17) is 0 Å². The normalized spacial score (nSPS) is 16.1. The lowest BCUT2D eigenvalue weighted by molar-refractivity contribution is -0.130. The van der Waals surface area contributed by atoms with Gasteiger partial charge in [0, 0.05) is 29.6 Å². The number of benzene rings is 1. The maximum Gasteiger partial charge on any atom is 0.230 e. The minimum absolute atomic E-state index is 0.0582. The van der Waals surface area contributed by atoms with E-state index in [-0.39, 0.29) is 11.7 Å². The Balaban J connectivity index is 1.66. The number of nitrogens with one attached hydrogen (secondary N) is 1. The van der Waals surface area contributed by atoms with Gasteiger partial charge in [-0.25, -0.2) is 9.37 Å². The van der Waals surface area contributed by atoms with Gasteiger partial charge in [-0.05, 0) is 25.8 Å². The van der Waals surface area contributed by atoms with Crippen LogP contribution < -0.4 is 5.32 Å². The monoisotopic (exact) mass is 318 g/mol. The summed E-state index contributed by atoms with van der Waals surface area (Å²) < 4.78 is 14.1. The third-order valence-electron chi connectivity index (χ3n) is 4.32. The maximum atomic E-state index is 14.1. The Bertz CT molecular complexity index is 679. The van der Waals surface area contributed by atoms with E-state index in [1.165, 1.54) is 6.07 Å². The minimum Gasteiger partial charge on any atom is -0.355 e. The number of amides is 1. The highest BCUT2D eigenvalue weighted by molar-refractivity contribution is 7.09. The van der Waals surface area contributed by atoms with Gasteiger partial charge in [0.25, 0.3) is 0 Å². The SMILES string of the molecule is Cc1csc(CCNC(=O)C2(c3ccccc3F)CCC2)n1. The smallest absolute Gasteiger partial charge is 0.230 e. The van der Waals surface area contributed by atoms with Crippen LogP contribution in [0.15, 0.2) is 29.6 Å². The van der Waals surface area contributed by atoms with Crippen LogP contribution in [0, 0.1) is 12.7 Å². The zero-order valence-electron chi connectivity index (χ0n) is 12.6. The Morgan fingerprint density at radius 3 is 2.77 bits per heavy atom. The largest absolute Gasteiger partial charge is 0.355 e. The number of rotatable bonds is 5. The Morgan fingerprint density at radius 2 is 2.18 bits per heavy atom. The molecule has 3 nitrogen and oxygen atoms in total. The van der Waals surface area contributed by atoms with Gasteiger partial charge in [0.1, 0.15) is 5.82 Å². The first-order valence-electron chi connectivity index (χ1n) is 7.56. The molecule has 1 aromatic carbocycles. The van der Waals surface area contributed by atoms with Crippen LogP contribution in [0.3, 0.4) is 0 Å². The van der Waals surface area contributed by atoms with Gasteiger partial charge in [-0.15, -0.1) is 11.3 Å². The Hall–Kier alpha value is -1.75. The third-order valence-corrected chi connectivity index (χ3v) is 5.35. The summed E-state index contributed by atoms with van der Waals surface area (Å²) in [7, 11) is 0. The molecule has 116 valence electrons. The van der Waals surface area contributed by atoms with E-state index in [1.807, 2.05) is 12.3 Å². The molecule has 0 saturated heterocycles. The molecule has 0 bridgehead atoms. The molecule has 1 heterocycles. The molecule has 0 aliphatic heterocycles. The highest BCUT2D eigenvalue weighted by atomic mass is 32.1. The molecule has 1 aliphatic carbocycles. The predicted molar refractivity (Wildman–Crippen MR) is 85.5 cm³/mol. The van der Waals surface area contributed by atoms with Crippen LogP contribution in [0.1, 0.15) is 35.5 Å². The van der Waals surface area contributed by atoms with Crippen molar-refractivity contribution in [2.75, 3.05) is 6.54 Å². The summed E-state index contributed by atoms with van der Waals surface area (Å²) in [4.78, 5) is 17.0. The van der Waals surface area contributed by atoms with Gasteiger partial charge in [0.2, 0.25) is 5.91 Å². The van der Waals surface area contributed by atoms with Crippen molar-refractivity contribution in [3.63, 3.8) is 0 Å². The molecule has 1 N–H and O–H groups in total. The molecule has 0 spiro atoms. The molecule has 3 rings (SSSR count). The number of carbonyl (C=O) groups is 1. The molecule has 1 amide bonds. The molecule has 1 aromatic heterocycles. The second-order valence-electron chi connectivity index (χ2n) is 5.80. The molecule has 1 fully saturated rings. The van der Waals surface area contributed by atoms with Gasteiger partial charge in [0.05, 0.1) is 10.4 Å². The van der Waals surface area contributed by atoms with Gasteiger partial charge in [0.15, 0.2) is 0 Å². The fraction of sp³-hybridized carbons (Fsp3) is 0.412. The van der Waals surface area contributed by atoms with Crippen LogP contribution in [-0.4, -0.2) is 17.4 Å². The number of carbonyl (C=O) groups excluding carboxylic acids is 1. The lowest BCUT2D eigenvalue weighted by Gasteiger charge is -2.40. The minimum atomic E-state index is -0.676. The number of hydrogen-bond acceptors (Lipinski definition) is 3. The van der Waals surface area contributed by atoms with Crippen LogP contribution in [0.5, 0.6) is 0 Å². The Morgan fingerprint density at radius 1 is 1.41 bits per heavy atom. The molecule has 0 atom stereocenters. The summed E-state index contributed by atoms with van der Waals surface area (Å²) in [5.41, 5.74) is 0.862. The van der Waals surface area contributed by atoms with Crippen molar-refractivity contribution in [2.24, 2.45) is 0 Å². The zero-order chi connectivity index (χ0) is 15.6. The topological polar surface area (TPSA) is 42.0 Å². The van der Waals surface area contributed by atoms with E-state index in [2.05, 4.69) is 10.3 Å². The van der Waals surface area contributed by atoms with Gasteiger partial charge < -0.3 is 5.32 Å². The van der Waals surface area contributed by atoms with Crippen molar-refractivity contribution in [3.05, 3.63) is 51.7 Å². The lowest BCUT2D eigenvalue weighted by atomic mass is 9.63. The predicted octanol–water partition coefficient (Wildman–Crippen LogP) is 3.37. The summed E-state index contributed by atoms with van der Waals surface area (Å²) in [6.07, 6.45) is 3.12. The van der Waals surface area contributed by atoms with Crippen molar-refractivity contribution >= 4 is 17.2 Å². The molecule has 0 radical (unpaired) electrons. The molecule has 1 saturated carbocycles. The van der Waals surface area contributed by atoms with Crippen molar-refractivity contribution in [2.45, 2.75) is 38.0 Å². The first-order chi connectivity index (χ1) is 10.6. The summed E-state index contributed by atoms with van der Waals surface area (Å²) in [6, 6.07) is 6.62. The van der Waals surface area contributed by atoms with Gasteiger partial charge in [-0.2, -0.15) is 0 Å². The summed E-state index contributed by atoms with van der Waals surface area (Å²) in [5, 5.41) is 5.99. The van der Waals surface area contributed by atoms with Crippen LogP contribution in [0.2, 0.25) is 0 Å². The van der Waals surface area contributed by atoms with Crippen LogP contribution in [-0.2, 0) is 16.6 Å². The zero-order valence-corrected chi connectivity index (χ0v) is 13.4. The third kappa shape index (κ3) is 2.77. The van der Waals surface area contributed by atoms with E-state index >= 15 is 0 Å². The Labute approximate surface area is 133 Å². The molecular formula is C17H19FN2OS. The van der Waals surface area contributed by atoms with E-state index in [0.717, 1.165) is 36.4 Å². The van der Waals surface area contributed by atoms with Crippen LogP contribution in [0.25, 0.3) is 0 Å². The van der Waals surface area contributed by atoms with E-state index in [9.17, 15) is 9.18 Å². The number of aromatic nitrogens is 1. The standard InChI is InChI=1S/C17H19FN2OS/c1-12-11-22-15(20-12)7-10-19-16(21)17(8-4-9-17)13-5-2-3-6-14(13)18/h2-3,5-6,11H,4,7-10H2,1H3,(H,19,21). The van der Waals surface area contributed by atoms with Crippen molar-refractivity contribution in [1.82, 2.24) is 10.3 Å². The molecule has 2 aromatic rings. The summed E-state index contributed by atoms with van der Waals surface area (Å²) in [5.74, 6) is -0.343. The highest BCUT2D eigenvalue weighted by Crippen LogP contribution is 2.44. The van der Waals surface area contributed by atoms with Crippen LogP contribution in [0.4, 0.5) is 4.39 Å². The van der Waals surface area contributed by atoms with Crippen molar-refractivity contribution in [3.8, 4) is 0 Å². The van der Waals surface area contributed by atoms with Crippen molar-refractivity contribution < 1.29 is 9.18 Å². The van der Waals surface area contributed by atoms with Gasteiger partial charge in [-0.1, -0.05) is 24.6 Å². The number of halogens is 1. The maximum absolute atomic E-state index is 14.1. The number of aryl methyl sites for hydroxylation is 1. The number of thiazole rings is 1. The molecule has 22 heavy (non-hydrogen) atoms. The van der Waals surface area contributed by atoms with E-state index < -0.39 is 5.41 Å². The lowest BCUT2D eigenvalue weighted by Crippen LogP contribution is -2.50. The average molecular weight is 318 g/mol. The van der Waals surface area contributed by atoms with Gasteiger partial charge in [-0.3, -0.25) is 4.79 Å². The quantitative estimate of drug-likeness (QED) is 0.918. The van der Waals surface area contributed by atoms with Gasteiger partial charge >= 0.3 is 0 Å². The second-order valence-corrected chi connectivity index (χ2v) is 6.75. The second kappa shape index (κ2) is 6.16. The number of hydrogen-bond donors (Lipinski definition) is 1. The molecule has 5 heteroatoms. The van der Waals surface area contributed by atoms with E-state index in [1.54, 1.807) is 29.5 Å². The number of nitrogens with zero attached hydrogens (tertiary/aromatic N) is 1. The highest BCUT2D eigenvalue weighted by Gasteiger charge is 2.46. The van der Waals surface area contributed by atoms with E-state index in [0.29, 0.717) is 12.1 Å². The summed E-state index contributed by atoms with van der Waals surface area (Å²) in [6.45, 7) is 2.50. The average Bonchev–Trinajstić information content (AvgIpc) is 2.85. The Kier molecular flexibility index (Phi) is 4.25. The molecule has 0 unspecified atom stereocenters. The first-order valence-corrected chi connectivity index (χ1v) is 8.44. The molecular weight excluding hydrogens is 299 g/mol. The fourth-order valence-corrected chi connectivity index (χ4v) is 3.74. The van der Waals surface area contributed by atoms with Crippen molar-refractivity contribution in [1.29, 1.82) is 0 Å². The first kappa shape index (κ1) is 15.2. The summed E-state index contributed by atoms with van der Waals surface area (Å²) >= 11 is 1.60.